The quantitative estimate of drug-likeness (QED) is 0.932. The molecule has 1 N–H and O–H groups in total. The molecule has 3 nitrogen and oxygen atoms in total. The third kappa shape index (κ3) is 2.36. The Hall–Kier alpha value is -1.35. The van der Waals surface area contributed by atoms with Crippen molar-refractivity contribution < 1.29 is 9.90 Å². The topological polar surface area (TPSA) is 40.5 Å². The maximum Gasteiger partial charge on any atom is 0.225 e. The summed E-state index contributed by atoms with van der Waals surface area (Å²) in [5.74, 6) is 1.19. The Morgan fingerprint density at radius 1 is 1.27 bits per heavy atom. The van der Waals surface area contributed by atoms with Gasteiger partial charge in [0, 0.05) is 24.4 Å². The first-order valence-electron chi connectivity index (χ1n) is 8.56. The van der Waals surface area contributed by atoms with Gasteiger partial charge in [0.05, 0.1) is 6.10 Å². The number of hydrogen-bond acceptors (Lipinski definition) is 2. The number of hydrogen-bond donors (Lipinski definition) is 1. The van der Waals surface area contributed by atoms with Gasteiger partial charge in [0.15, 0.2) is 0 Å². The number of rotatable bonds is 3. The number of likely N-dealkylation sites (tertiary alicyclic amines) is 1. The predicted molar refractivity (Wildman–Crippen MR) is 85.4 cm³/mol. The van der Waals surface area contributed by atoms with Gasteiger partial charge in [0.1, 0.15) is 0 Å². The van der Waals surface area contributed by atoms with Gasteiger partial charge >= 0.3 is 0 Å². The summed E-state index contributed by atoms with van der Waals surface area (Å²) in [7, 11) is 0. The molecule has 0 radical (unpaired) electrons. The minimum atomic E-state index is -0.230. The number of aliphatic hydroxyl groups excluding tert-OH is 1. The molecule has 1 aromatic carbocycles. The zero-order valence-electron chi connectivity index (χ0n) is 13.3. The van der Waals surface area contributed by atoms with Crippen LogP contribution >= 0.6 is 0 Å². The number of carbonyl (C=O) groups excluding carboxylic acids is 1. The zero-order chi connectivity index (χ0) is 15.3. The van der Waals surface area contributed by atoms with Gasteiger partial charge in [-0.2, -0.15) is 0 Å². The van der Waals surface area contributed by atoms with Gasteiger partial charge in [-0.05, 0) is 56.1 Å². The second-order valence-electron chi connectivity index (χ2n) is 7.92. The average Bonchev–Trinajstić information content (AvgIpc) is 2.37. The van der Waals surface area contributed by atoms with E-state index in [1.165, 1.54) is 30.4 Å². The van der Waals surface area contributed by atoms with Crippen LogP contribution in [0.4, 0.5) is 0 Å². The number of carbonyl (C=O) groups is 1. The van der Waals surface area contributed by atoms with E-state index in [-0.39, 0.29) is 12.0 Å². The number of aliphatic hydroxyl groups is 1. The summed E-state index contributed by atoms with van der Waals surface area (Å²) >= 11 is 0. The Morgan fingerprint density at radius 2 is 1.95 bits per heavy atom. The summed E-state index contributed by atoms with van der Waals surface area (Å²) in [6.07, 6.45) is 4.87. The van der Waals surface area contributed by atoms with E-state index in [1.807, 2.05) is 4.90 Å². The van der Waals surface area contributed by atoms with Crippen molar-refractivity contribution in [3.8, 4) is 0 Å². The van der Waals surface area contributed by atoms with Gasteiger partial charge < -0.3 is 10.0 Å². The lowest BCUT2D eigenvalue weighted by molar-refractivity contribution is -0.165. The van der Waals surface area contributed by atoms with Crippen molar-refractivity contribution in [3.05, 3.63) is 35.4 Å². The molecule has 1 aromatic rings. The van der Waals surface area contributed by atoms with Crippen LogP contribution in [0.3, 0.4) is 0 Å². The zero-order valence-corrected chi connectivity index (χ0v) is 13.3. The maximum absolute atomic E-state index is 12.2. The van der Waals surface area contributed by atoms with E-state index in [0.29, 0.717) is 24.2 Å². The first-order valence-corrected chi connectivity index (χ1v) is 8.56. The van der Waals surface area contributed by atoms with Crippen LogP contribution in [0, 0.1) is 24.2 Å². The van der Waals surface area contributed by atoms with Gasteiger partial charge in [-0.15, -0.1) is 0 Å². The summed E-state index contributed by atoms with van der Waals surface area (Å²) in [4.78, 5) is 14.2. The molecule has 0 unspecified atom stereocenters. The molecule has 0 atom stereocenters. The molecule has 1 saturated heterocycles. The van der Waals surface area contributed by atoms with Crippen LogP contribution in [0.15, 0.2) is 24.3 Å². The molecule has 0 aromatic heterocycles. The molecule has 1 aliphatic heterocycles. The van der Waals surface area contributed by atoms with Crippen LogP contribution in [0.2, 0.25) is 0 Å². The fourth-order valence-corrected chi connectivity index (χ4v) is 4.68. The average molecular weight is 299 g/mol. The molecule has 0 bridgehead atoms. The number of nitrogens with zero attached hydrogens (tertiary/aromatic N) is 1. The van der Waals surface area contributed by atoms with Crippen molar-refractivity contribution in [3.63, 3.8) is 0 Å². The van der Waals surface area contributed by atoms with E-state index in [2.05, 4.69) is 31.2 Å². The molecule has 3 aliphatic rings. The Labute approximate surface area is 132 Å². The van der Waals surface area contributed by atoms with E-state index in [0.717, 1.165) is 19.0 Å². The normalized spacial score (nSPS) is 29.6. The Balaban J connectivity index is 1.25. The highest BCUT2D eigenvalue weighted by Gasteiger charge is 2.54. The maximum atomic E-state index is 12.2. The molecule has 2 aliphatic carbocycles. The lowest BCUT2D eigenvalue weighted by Crippen LogP contribution is -2.65. The fourth-order valence-electron chi connectivity index (χ4n) is 4.68. The molecule has 3 heteroatoms. The second-order valence-corrected chi connectivity index (χ2v) is 7.92. The lowest BCUT2D eigenvalue weighted by Gasteiger charge is -2.60. The summed E-state index contributed by atoms with van der Waals surface area (Å²) in [6, 6.07) is 8.68. The van der Waals surface area contributed by atoms with Gasteiger partial charge in [-0.3, -0.25) is 4.79 Å². The minimum Gasteiger partial charge on any atom is -0.393 e. The van der Waals surface area contributed by atoms with Crippen molar-refractivity contribution >= 4 is 5.91 Å². The molecule has 22 heavy (non-hydrogen) atoms. The van der Waals surface area contributed by atoms with Crippen LogP contribution in [0.5, 0.6) is 0 Å². The van der Waals surface area contributed by atoms with E-state index in [9.17, 15) is 9.90 Å². The van der Waals surface area contributed by atoms with Gasteiger partial charge in [-0.1, -0.05) is 24.3 Å². The van der Waals surface area contributed by atoms with Crippen molar-refractivity contribution in [2.45, 2.75) is 45.1 Å². The predicted octanol–water partition coefficient (Wildman–Crippen LogP) is 2.55. The minimum absolute atomic E-state index is 0.107. The van der Waals surface area contributed by atoms with Crippen molar-refractivity contribution in [1.82, 2.24) is 4.90 Å². The van der Waals surface area contributed by atoms with Crippen LogP contribution in [0.1, 0.15) is 36.8 Å². The van der Waals surface area contributed by atoms with Crippen molar-refractivity contribution in [2.75, 3.05) is 13.1 Å². The number of aryl methyl sites for hydroxylation is 1. The molecule has 3 fully saturated rings. The number of benzene rings is 1. The molecule has 1 amide bonds. The molecular weight excluding hydrogens is 274 g/mol. The largest absolute Gasteiger partial charge is 0.393 e. The summed E-state index contributed by atoms with van der Waals surface area (Å²) in [5.41, 5.74) is 3.32. The molecule has 118 valence electrons. The molecule has 1 heterocycles. The molecular formula is C19H25NO2. The standard InChI is InChI=1S/C19H25NO2/c1-13-4-2-3-5-15(13)6-14-9-19(10-14)11-20(12-19)18(22)16-7-17(21)8-16/h2-5,14,16-17,21H,6-12H2,1H3/t16-,17+. The van der Waals surface area contributed by atoms with E-state index >= 15 is 0 Å². The highest BCUT2D eigenvalue weighted by molar-refractivity contribution is 5.80. The van der Waals surface area contributed by atoms with Crippen LogP contribution in [-0.4, -0.2) is 35.1 Å². The lowest BCUT2D eigenvalue weighted by atomic mass is 9.56. The SMILES string of the molecule is Cc1ccccc1CC1CC2(C1)CN(C(=O)[C@H]1C[C@@H](O)C1)C2. The van der Waals surface area contributed by atoms with Gasteiger partial charge in [0.25, 0.3) is 0 Å². The van der Waals surface area contributed by atoms with E-state index < -0.39 is 0 Å². The van der Waals surface area contributed by atoms with E-state index in [1.54, 1.807) is 0 Å². The van der Waals surface area contributed by atoms with Crippen molar-refractivity contribution in [2.24, 2.45) is 17.3 Å². The van der Waals surface area contributed by atoms with Crippen LogP contribution in [0.25, 0.3) is 0 Å². The smallest absolute Gasteiger partial charge is 0.225 e. The highest BCUT2D eigenvalue weighted by atomic mass is 16.3. The summed E-state index contributed by atoms with van der Waals surface area (Å²) < 4.78 is 0. The van der Waals surface area contributed by atoms with Crippen LogP contribution in [-0.2, 0) is 11.2 Å². The highest BCUT2D eigenvalue weighted by Crippen LogP contribution is 2.53. The molecule has 1 spiro atoms. The first kappa shape index (κ1) is 14.3. The van der Waals surface area contributed by atoms with E-state index in [4.69, 9.17) is 0 Å². The first-order chi connectivity index (χ1) is 10.5. The monoisotopic (exact) mass is 299 g/mol. The third-order valence-electron chi connectivity index (χ3n) is 6.04. The Bertz CT molecular complexity index is 577. The second kappa shape index (κ2) is 5.09. The third-order valence-corrected chi connectivity index (χ3v) is 6.04. The number of amides is 1. The molecule has 4 rings (SSSR count). The molecule has 2 saturated carbocycles. The summed E-state index contributed by atoms with van der Waals surface area (Å²) in [6.45, 7) is 4.12. The van der Waals surface area contributed by atoms with Gasteiger partial charge in [-0.25, -0.2) is 0 Å². The van der Waals surface area contributed by atoms with Gasteiger partial charge in [0.2, 0.25) is 5.91 Å². The Morgan fingerprint density at radius 3 is 2.59 bits per heavy atom. The Kier molecular flexibility index (Phi) is 3.30. The van der Waals surface area contributed by atoms with Crippen LogP contribution < -0.4 is 0 Å². The summed E-state index contributed by atoms with van der Waals surface area (Å²) in [5, 5.41) is 9.33. The fraction of sp³-hybridized carbons (Fsp3) is 0.632. The van der Waals surface area contributed by atoms with Crippen molar-refractivity contribution in [1.29, 1.82) is 0 Å².